The van der Waals surface area contributed by atoms with E-state index in [0.717, 1.165) is 0 Å². The number of aliphatic hydroxyl groups excluding tert-OH is 3. The summed E-state index contributed by atoms with van der Waals surface area (Å²) in [6.45, 7) is 3.85. The van der Waals surface area contributed by atoms with Crippen molar-refractivity contribution in [1.29, 1.82) is 0 Å². The smallest absolute Gasteiger partial charge is 0.182 e. The third-order valence-corrected chi connectivity index (χ3v) is 2.04. The van der Waals surface area contributed by atoms with E-state index in [2.05, 4.69) is 5.32 Å². The number of nitrogens with one attached hydrogen (secondary N) is 1. The van der Waals surface area contributed by atoms with Gasteiger partial charge in [0.25, 0.3) is 0 Å². The Morgan fingerprint density at radius 1 is 1.31 bits per heavy atom. The highest BCUT2D eigenvalue weighted by molar-refractivity contribution is 4.89. The van der Waals surface area contributed by atoms with E-state index in [1.165, 1.54) is 0 Å². The summed E-state index contributed by atoms with van der Waals surface area (Å²) >= 11 is 0. The summed E-state index contributed by atoms with van der Waals surface area (Å²) < 4.78 is 4.73. The van der Waals surface area contributed by atoms with Gasteiger partial charge < -0.3 is 25.4 Å². The van der Waals surface area contributed by atoms with Crippen molar-refractivity contribution in [3.63, 3.8) is 0 Å². The van der Waals surface area contributed by atoms with Crippen LogP contribution in [0.3, 0.4) is 0 Å². The summed E-state index contributed by atoms with van der Waals surface area (Å²) in [5.74, 6) is 0. The first-order valence-electron chi connectivity index (χ1n) is 4.44. The van der Waals surface area contributed by atoms with Gasteiger partial charge in [0.1, 0.15) is 6.10 Å². The zero-order valence-electron chi connectivity index (χ0n) is 7.84. The Labute approximate surface area is 77.3 Å². The standard InChI is InChI=1S/C8H17NO4/c1-4(2)9-6-5(10)3-13-8(12)7(6)11/h4-12H,3H2,1-2H3. The van der Waals surface area contributed by atoms with Crippen molar-refractivity contribution < 1.29 is 20.1 Å². The molecule has 0 aromatic heterocycles. The number of ether oxygens (including phenoxy) is 1. The molecule has 1 rings (SSSR count). The molecule has 5 heteroatoms. The van der Waals surface area contributed by atoms with E-state index in [1.54, 1.807) is 0 Å². The van der Waals surface area contributed by atoms with Crippen molar-refractivity contribution in [3.8, 4) is 0 Å². The lowest BCUT2D eigenvalue weighted by Crippen LogP contribution is -2.60. The second-order valence-corrected chi connectivity index (χ2v) is 3.63. The lowest BCUT2D eigenvalue weighted by atomic mass is 10.0. The van der Waals surface area contributed by atoms with Gasteiger partial charge in [-0.15, -0.1) is 0 Å². The molecular formula is C8H17NO4. The number of hydrogen-bond donors (Lipinski definition) is 4. The second-order valence-electron chi connectivity index (χ2n) is 3.63. The molecule has 0 bridgehead atoms. The monoisotopic (exact) mass is 191 g/mol. The van der Waals surface area contributed by atoms with Crippen LogP contribution in [0.1, 0.15) is 13.8 Å². The van der Waals surface area contributed by atoms with Crippen LogP contribution < -0.4 is 5.32 Å². The molecule has 4 atom stereocenters. The molecule has 0 saturated carbocycles. The predicted octanol–water partition coefficient (Wildman–Crippen LogP) is -1.58. The van der Waals surface area contributed by atoms with Gasteiger partial charge in [-0.05, 0) is 0 Å². The summed E-state index contributed by atoms with van der Waals surface area (Å²) in [7, 11) is 0. The highest BCUT2D eigenvalue weighted by atomic mass is 16.6. The molecule has 1 aliphatic rings. The topological polar surface area (TPSA) is 82.0 Å². The van der Waals surface area contributed by atoms with Gasteiger partial charge in [0.2, 0.25) is 0 Å². The Hall–Kier alpha value is -0.200. The van der Waals surface area contributed by atoms with Crippen LogP contribution in [0.25, 0.3) is 0 Å². The van der Waals surface area contributed by atoms with Crippen LogP contribution >= 0.6 is 0 Å². The van der Waals surface area contributed by atoms with E-state index in [-0.39, 0.29) is 12.6 Å². The minimum atomic E-state index is -1.21. The lowest BCUT2D eigenvalue weighted by molar-refractivity contribution is -0.224. The van der Waals surface area contributed by atoms with Crippen molar-refractivity contribution in [2.75, 3.05) is 6.61 Å². The van der Waals surface area contributed by atoms with Crippen molar-refractivity contribution in [2.24, 2.45) is 0 Å². The fraction of sp³-hybridized carbons (Fsp3) is 1.00. The van der Waals surface area contributed by atoms with Crippen molar-refractivity contribution >= 4 is 0 Å². The summed E-state index contributed by atoms with van der Waals surface area (Å²) in [6.07, 6.45) is -3.06. The zero-order chi connectivity index (χ0) is 10.0. The number of aliphatic hydroxyl groups is 3. The molecule has 0 aliphatic carbocycles. The van der Waals surface area contributed by atoms with E-state index < -0.39 is 24.5 Å². The van der Waals surface area contributed by atoms with E-state index in [0.29, 0.717) is 0 Å². The average molecular weight is 191 g/mol. The van der Waals surface area contributed by atoms with Crippen LogP contribution in [0.2, 0.25) is 0 Å². The molecule has 5 nitrogen and oxygen atoms in total. The van der Waals surface area contributed by atoms with Crippen LogP contribution in [0.5, 0.6) is 0 Å². The quantitative estimate of drug-likeness (QED) is 0.423. The Kier molecular flexibility index (Phi) is 3.63. The molecule has 0 spiro atoms. The second kappa shape index (κ2) is 4.34. The van der Waals surface area contributed by atoms with Crippen LogP contribution in [-0.4, -0.2) is 52.5 Å². The third-order valence-electron chi connectivity index (χ3n) is 2.04. The SMILES string of the molecule is CC(C)NC1C(O)COC(O)C1O. The fourth-order valence-electron chi connectivity index (χ4n) is 1.40. The molecule has 0 aromatic rings. The molecule has 4 N–H and O–H groups in total. The van der Waals surface area contributed by atoms with Gasteiger partial charge >= 0.3 is 0 Å². The molecule has 13 heavy (non-hydrogen) atoms. The zero-order valence-corrected chi connectivity index (χ0v) is 7.84. The summed E-state index contributed by atoms with van der Waals surface area (Å²) in [6, 6.07) is -0.386. The van der Waals surface area contributed by atoms with Gasteiger partial charge in [0.05, 0.1) is 18.8 Å². The van der Waals surface area contributed by atoms with E-state index in [1.807, 2.05) is 13.8 Å². The fourth-order valence-corrected chi connectivity index (χ4v) is 1.40. The molecule has 0 aromatic carbocycles. The Bertz CT molecular complexity index is 164. The summed E-state index contributed by atoms with van der Waals surface area (Å²) in [5, 5.41) is 31.0. The van der Waals surface area contributed by atoms with Gasteiger partial charge in [0.15, 0.2) is 6.29 Å². The maximum atomic E-state index is 9.46. The van der Waals surface area contributed by atoms with Gasteiger partial charge in [-0.25, -0.2) is 0 Å². The molecule has 4 unspecified atom stereocenters. The largest absolute Gasteiger partial charge is 0.389 e. The van der Waals surface area contributed by atoms with Gasteiger partial charge in [-0.1, -0.05) is 13.8 Å². The van der Waals surface area contributed by atoms with Gasteiger partial charge in [-0.2, -0.15) is 0 Å². The minimum absolute atomic E-state index is 0.0443. The number of hydrogen-bond acceptors (Lipinski definition) is 5. The predicted molar refractivity (Wildman–Crippen MR) is 46.0 cm³/mol. The summed E-state index contributed by atoms with van der Waals surface area (Å²) in [5.41, 5.74) is 0. The van der Waals surface area contributed by atoms with Crippen molar-refractivity contribution in [2.45, 2.75) is 44.4 Å². The first-order valence-corrected chi connectivity index (χ1v) is 4.44. The van der Waals surface area contributed by atoms with Crippen LogP contribution in [0.4, 0.5) is 0 Å². The van der Waals surface area contributed by atoms with Gasteiger partial charge in [-0.3, -0.25) is 0 Å². The molecule has 0 radical (unpaired) electrons. The maximum Gasteiger partial charge on any atom is 0.182 e. The van der Waals surface area contributed by atoms with E-state index in [9.17, 15) is 10.2 Å². The first kappa shape index (κ1) is 10.9. The van der Waals surface area contributed by atoms with Crippen molar-refractivity contribution in [3.05, 3.63) is 0 Å². The minimum Gasteiger partial charge on any atom is -0.389 e. The van der Waals surface area contributed by atoms with E-state index >= 15 is 0 Å². The molecule has 1 saturated heterocycles. The van der Waals surface area contributed by atoms with Crippen LogP contribution in [0, 0.1) is 0 Å². The average Bonchev–Trinajstić information content (AvgIpc) is 2.05. The highest BCUT2D eigenvalue weighted by Crippen LogP contribution is 2.14. The molecule has 1 heterocycles. The van der Waals surface area contributed by atoms with Gasteiger partial charge in [0, 0.05) is 6.04 Å². The lowest BCUT2D eigenvalue weighted by Gasteiger charge is -2.37. The molecule has 1 fully saturated rings. The van der Waals surface area contributed by atoms with Crippen LogP contribution in [0.15, 0.2) is 0 Å². The third kappa shape index (κ3) is 2.62. The van der Waals surface area contributed by atoms with Crippen molar-refractivity contribution in [1.82, 2.24) is 5.32 Å². The van der Waals surface area contributed by atoms with Crippen LogP contribution in [-0.2, 0) is 4.74 Å². The molecule has 0 amide bonds. The maximum absolute atomic E-state index is 9.46. The Morgan fingerprint density at radius 2 is 1.92 bits per heavy atom. The highest BCUT2D eigenvalue weighted by Gasteiger charge is 2.37. The Morgan fingerprint density at radius 3 is 2.46 bits per heavy atom. The molecular weight excluding hydrogens is 174 g/mol. The Balaban J connectivity index is 2.55. The summed E-state index contributed by atoms with van der Waals surface area (Å²) in [4.78, 5) is 0. The molecule has 78 valence electrons. The first-order chi connectivity index (χ1) is 6.02. The normalized spacial score (nSPS) is 41.1. The molecule has 1 aliphatic heterocycles. The number of rotatable bonds is 2. The van der Waals surface area contributed by atoms with E-state index in [4.69, 9.17) is 9.84 Å².